The number of nitrogens with one attached hydrogen (secondary N) is 3. The van der Waals surface area contributed by atoms with Gasteiger partial charge in [0.05, 0.1) is 0 Å². The first-order chi connectivity index (χ1) is 24.3. The van der Waals surface area contributed by atoms with Gasteiger partial charge in [0.1, 0.15) is 42.9 Å². The van der Waals surface area contributed by atoms with E-state index in [1.807, 2.05) is 38.1 Å². The fourth-order valence-electron chi connectivity index (χ4n) is 6.72. The van der Waals surface area contributed by atoms with Gasteiger partial charge in [-0.1, -0.05) is 50.1 Å². The van der Waals surface area contributed by atoms with Crippen LogP contribution in [0, 0.1) is 6.92 Å². The van der Waals surface area contributed by atoms with Crippen LogP contribution in [0.2, 0.25) is 0 Å². The Labute approximate surface area is 299 Å². The minimum Gasteiger partial charge on any atom is -0.461 e. The molecule has 0 unspecified atom stereocenters. The van der Waals surface area contributed by atoms with Crippen LogP contribution in [0.15, 0.2) is 36.4 Å². The molecule has 3 heterocycles. The molecule has 14 nitrogen and oxygen atoms in total. The van der Waals surface area contributed by atoms with Gasteiger partial charge in [0.2, 0.25) is 35.4 Å². The molecule has 3 N–H and O–H groups in total. The van der Waals surface area contributed by atoms with Gasteiger partial charge in [-0.25, -0.2) is 4.79 Å². The number of amides is 6. The first-order valence-corrected chi connectivity index (χ1v) is 18.0. The summed E-state index contributed by atoms with van der Waals surface area (Å²) in [6, 6.07) is 1.14. The average molecular weight is 709 g/mol. The number of unbranched alkanes of at least 4 members (excludes halogenated alkanes) is 2. The number of carbonyl (C=O) groups is 7. The SMILES string of the molecule is CCCCC=CC(=O)N[C@@H](Cc1ccccc1C)C(=O)N[C@H]1COC(=O)[C@@H]2CCCN2C(=O)[C@H](C)NC(=O)[C@H](C)N(C)C(=O)[C@@H]2CCCN2C1=O. The Morgan fingerprint density at radius 3 is 2.33 bits per heavy atom. The summed E-state index contributed by atoms with van der Waals surface area (Å²) in [5, 5.41) is 8.16. The molecule has 3 saturated heterocycles. The van der Waals surface area contributed by atoms with Crippen molar-refractivity contribution in [3.63, 3.8) is 0 Å². The maximum Gasteiger partial charge on any atom is 0.328 e. The fraction of sp³-hybridized carbons (Fsp3) is 0.595. The van der Waals surface area contributed by atoms with Crippen LogP contribution in [0.1, 0.15) is 76.8 Å². The Morgan fingerprint density at radius 2 is 1.65 bits per heavy atom. The molecule has 4 rings (SSSR count). The zero-order valence-corrected chi connectivity index (χ0v) is 30.3. The van der Waals surface area contributed by atoms with Gasteiger partial charge in [0.15, 0.2) is 0 Å². The van der Waals surface area contributed by atoms with Crippen LogP contribution >= 0.6 is 0 Å². The number of carbonyl (C=O) groups excluding carboxylic acids is 7. The number of allylic oxidation sites excluding steroid dienone is 1. The molecule has 3 aliphatic rings. The van der Waals surface area contributed by atoms with Gasteiger partial charge >= 0.3 is 5.97 Å². The number of benzene rings is 1. The van der Waals surface area contributed by atoms with Gasteiger partial charge in [-0.05, 0) is 70.1 Å². The number of rotatable bonds is 9. The van der Waals surface area contributed by atoms with Gasteiger partial charge in [-0.3, -0.25) is 28.8 Å². The smallest absolute Gasteiger partial charge is 0.328 e. The number of esters is 1. The third-order valence-corrected chi connectivity index (χ3v) is 9.98. The van der Waals surface area contributed by atoms with Gasteiger partial charge < -0.3 is 35.4 Å². The summed E-state index contributed by atoms with van der Waals surface area (Å²) in [5.41, 5.74) is 1.73. The van der Waals surface area contributed by atoms with Crippen molar-refractivity contribution >= 4 is 41.4 Å². The van der Waals surface area contributed by atoms with Crippen LogP contribution in [0.25, 0.3) is 0 Å². The molecule has 0 bridgehead atoms. The third-order valence-electron chi connectivity index (χ3n) is 9.98. The van der Waals surface area contributed by atoms with Crippen LogP contribution in [0.4, 0.5) is 0 Å². The molecule has 0 spiro atoms. The van der Waals surface area contributed by atoms with Crippen molar-refractivity contribution in [1.82, 2.24) is 30.7 Å². The summed E-state index contributed by atoms with van der Waals surface area (Å²) in [6.07, 6.45) is 7.52. The maximum absolute atomic E-state index is 14.2. The largest absolute Gasteiger partial charge is 0.461 e. The van der Waals surface area contributed by atoms with Crippen LogP contribution in [0.3, 0.4) is 0 Å². The molecule has 6 amide bonds. The van der Waals surface area contributed by atoms with E-state index in [1.54, 1.807) is 6.08 Å². The van der Waals surface area contributed by atoms with E-state index in [4.69, 9.17) is 4.74 Å². The summed E-state index contributed by atoms with van der Waals surface area (Å²) >= 11 is 0. The summed E-state index contributed by atoms with van der Waals surface area (Å²) in [7, 11) is 1.47. The monoisotopic (exact) mass is 708 g/mol. The minimum atomic E-state index is -1.41. The number of cyclic esters (lactones) is 1. The molecule has 278 valence electrons. The Hall–Kier alpha value is -4.75. The second kappa shape index (κ2) is 18.0. The number of aryl methyl sites for hydroxylation is 1. The second-order valence-electron chi connectivity index (χ2n) is 13.7. The lowest BCUT2D eigenvalue weighted by molar-refractivity contribution is -0.158. The molecule has 3 aliphatic heterocycles. The van der Waals surface area contributed by atoms with Crippen molar-refractivity contribution in [2.24, 2.45) is 0 Å². The zero-order valence-electron chi connectivity index (χ0n) is 30.3. The molecule has 0 saturated carbocycles. The molecular formula is C37H52N6O8. The lowest BCUT2D eigenvalue weighted by atomic mass is 10.00. The van der Waals surface area contributed by atoms with E-state index in [0.29, 0.717) is 32.1 Å². The zero-order chi connectivity index (χ0) is 37.2. The van der Waals surface area contributed by atoms with E-state index in [2.05, 4.69) is 16.0 Å². The highest BCUT2D eigenvalue weighted by Crippen LogP contribution is 2.23. The molecule has 1 aromatic rings. The molecule has 0 aliphatic carbocycles. The Morgan fingerprint density at radius 1 is 0.980 bits per heavy atom. The number of ether oxygens (including phenoxy) is 1. The highest BCUT2D eigenvalue weighted by Gasteiger charge is 2.43. The number of fused-ring (bicyclic) bond motifs is 2. The molecule has 1 aromatic carbocycles. The third kappa shape index (κ3) is 9.73. The van der Waals surface area contributed by atoms with Crippen molar-refractivity contribution in [3.05, 3.63) is 47.5 Å². The van der Waals surface area contributed by atoms with Gasteiger partial charge in [0.25, 0.3) is 0 Å². The summed E-state index contributed by atoms with van der Waals surface area (Å²) in [4.78, 5) is 98.9. The molecule has 51 heavy (non-hydrogen) atoms. The van der Waals surface area contributed by atoms with Crippen molar-refractivity contribution in [2.45, 2.75) is 115 Å². The lowest BCUT2D eigenvalue weighted by Gasteiger charge is -2.34. The van der Waals surface area contributed by atoms with Crippen molar-refractivity contribution in [1.29, 1.82) is 0 Å². The normalized spacial score (nSPS) is 25.7. The topological polar surface area (TPSA) is 175 Å². The van der Waals surface area contributed by atoms with Gasteiger partial charge in [0, 0.05) is 26.6 Å². The van der Waals surface area contributed by atoms with Crippen LogP contribution < -0.4 is 16.0 Å². The summed E-state index contributed by atoms with van der Waals surface area (Å²) in [6.45, 7) is 6.92. The highest BCUT2D eigenvalue weighted by atomic mass is 16.5. The predicted octanol–water partition coefficient (Wildman–Crippen LogP) is 1.14. The molecule has 0 radical (unpaired) electrons. The highest BCUT2D eigenvalue weighted by molar-refractivity contribution is 5.98. The first kappa shape index (κ1) is 39.0. The second-order valence-corrected chi connectivity index (χ2v) is 13.7. The van der Waals surface area contributed by atoms with Crippen molar-refractivity contribution in [3.8, 4) is 0 Å². The number of nitrogens with zero attached hydrogens (tertiary/aromatic N) is 3. The number of hydrogen-bond acceptors (Lipinski definition) is 8. The predicted molar refractivity (Wildman–Crippen MR) is 188 cm³/mol. The molecule has 3 fully saturated rings. The van der Waals surface area contributed by atoms with E-state index in [0.717, 1.165) is 24.0 Å². The first-order valence-electron chi connectivity index (χ1n) is 18.0. The van der Waals surface area contributed by atoms with Crippen LogP contribution in [-0.4, -0.2) is 119 Å². The number of hydrogen-bond donors (Lipinski definition) is 3. The average Bonchev–Trinajstić information content (AvgIpc) is 3.81. The summed E-state index contributed by atoms with van der Waals surface area (Å²) in [5.74, 6) is -4.04. The minimum absolute atomic E-state index is 0.126. The Balaban J connectivity index is 1.65. The summed E-state index contributed by atoms with van der Waals surface area (Å²) < 4.78 is 5.66. The number of likely N-dealkylation sites (N-methyl/N-ethyl adjacent to an activating group) is 1. The molecule has 0 aromatic heterocycles. The standard InChI is InChI=1S/C37H52N6O8/c1-6-7-8-9-18-31(44)39-27(21-26-15-11-10-14-23(26)2)33(46)40-28-22-51-37(50)30-17-13-20-43(30)34(47)24(3)38-32(45)25(4)41(5)36(49)29-16-12-19-42(29)35(28)48/h9-11,14-15,18,24-25,27-30H,6-8,12-13,16-17,19-22H2,1-5H3,(H,38,45)(H,39,44)(H,40,46)/t24-,25-,27-,28-,29-,30-/m0/s1. The molecule has 6 atom stereocenters. The Kier molecular flexibility index (Phi) is 13.7. The lowest BCUT2D eigenvalue weighted by Crippen LogP contribution is -2.60. The van der Waals surface area contributed by atoms with E-state index in [-0.39, 0.29) is 19.5 Å². The molecular weight excluding hydrogens is 656 g/mol. The van der Waals surface area contributed by atoms with E-state index in [9.17, 15) is 33.6 Å². The maximum atomic E-state index is 14.2. The van der Waals surface area contributed by atoms with E-state index in [1.165, 1.54) is 41.7 Å². The molecule has 14 heteroatoms. The van der Waals surface area contributed by atoms with Gasteiger partial charge in [-0.15, -0.1) is 0 Å². The Bertz CT molecular complexity index is 1510. The van der Waals surface area contributed by atoms with E-state index < -0.39 is 84.3 Å². The quantitative estimate of drug-likeness (QED) is 0.195. The van der Waals surface area contributed by atoms with Crippen molar-refractivity contribution < 1.29 is 38.3 Å². The van der Waals surface area contributed by atoms with Crippen molar-refractivity contribution in [2.75, 3.05) is 26.7 Å². The van der Waals surface area contributed by atoms with E-state index >= 15 is 0 Å². The van der Waals surface area contributed by atoms with Crippen LogP contribution in [0.5, 0.6) is 0 Å². The van der Waals surface area contributed by atoms with Gasteiger partial charge in [-0.2, -0.15) is 0 Å². The fourth-order valence-corrected chi connectivity index (χ4v) is 6.72. The van der Waals surface area contributed by atoms with Crippen LogP contribution in [-0.2, 0) is 44.7 Å².